The molecule has 1 nitrogen and oxygen atoms in total. The quantitative estimate of drug-likeness (QED) is 0.187. The van der Waals surface area contributed by atoms with Crippen LogP contribution in [0.4, 0.5) is 17.1 Å². The van der Waals surface area contributed by atoms with Crippen LogP contribution in [-0.4, -0.2) is 0 Å². The fraction of sp³-hybridized carbons (Fsp3) is 0.0638. The van der Waals surface area contributed by atoms with Crippen molar-refractivity contribution < 1.29 is 0 Å². The molecule has 9 rings (SSSR count). The Bertz CT molecular complexity index is 2470. The predicted molar refractivity (Wildman–Crippen MR) is 205 cm³/mol. The summed E-state index contributed by atoms with van der Waals surface area (Å²) in [7, 11) is 0. The molecule has 0 bridgehead atoms. The zero-order valence-electron chi connectivity index (χ0n) is 27.2. The van der Waals surface area contributed by atoms with Gasteiger partial charge in [0.25, 0.3) is 0 Å². The molecular formula is C47H35N. The first-order valence-electron chi connectivity index (χ1n) is 16.8. The van der Waals surface area contributed by atoms with Crippen molar-refractivity contribution in [1.29, 1.82) is 0 Å². The molecule has 48 heavy (non-hydrogen) atoms. The van der Waals surface area contributed by atoms with Gasteiger partial charge in [0.2, 0.25) is 0 Å². The molecule has 0 amide bonds. The lowest BCUT2D eigenvalue weighted by Gasteiger charge is -2.28. The Balaban J connectivity index is 1.20. The highest BCUT2D eigenvalue weighted by atomic mass is 15.1. The van der Waals surface area contributed by atoms with E-state index in [4.69, 9.17) is 0 Å². The summed E-state index contributed by atoms with van der Waals surface area (Å²) in [4.78, 5) is 2.42. The first-order valence-corrected chi connectivity index (χ1v) is 16.8. The summed E-state index contributed by atoms with van der Waals surface area (Å²) in [6.45, 7) is 4.71. The number of anilines is 3. The SMILES string of the molecule is CC1(C)c2ccccc2-c2ccc(N(c3ccc(-c4cccc5ccccc45)cc3)c3cccc(-c4cccc5ccccc45)c3)cc21. The van der Waals surface area contributed by atoms with E-state index in [1.807, 2.05) is 0 Å². The minimum Gasteiger partial charge on any atom is -0.310 e. The van der Waals surface area contributed by atoms with Gasteiger partial charge >= 0.3 is 0 Å². The molecule has 0 radical (unpaired) electrons. The van der Waals surface area contributed by atoms with Crippen LogP contribution >= 0.6 is 0 Å². The molecule has 0 aliphatic heterocycles. The van der Waals surface area contributed by atoms with Crippen LogP contribution in [0.1, 0.15) is 25.0 Å². The Labute approximate surface area is 282 Å². The van der Waals surface area contributed by atoms with E-state index in [0.29, 0.717) is 0 Å². The number of benzene rings is 8. The van der Waals surface area contributed by atoms with E-state index in [9.17, 15) is 0 Å². The maximum atomic E-state index is 2.42. The summed E-state index contributed by atoms with van der Waals surface area (Å²) < 4.78 is 0. The summed E-state index contributed by atoms with van der Waals surface area (Å²) in [5.41, 5.74) is 13.7. The molecule has 0 aromatic heterocycles. The lowest BCUT2D eigenvalue weighted by Crippen LogP contribution is -2.16. The third kappa shape index (κ3) is 4.54. The standard InChI is InChI=1S/C47H35N/c1-47(2)45-23-8-7-20-43(45)44-29-28-38(31-46(44)47)48(36-26-24-34(25-27-36)41-21-10-14-32-12-3-5-18-39(32)41)37-17-9-16-35(30-37)42-22-11-15-33-13-4-6-19-40(33)42/h3-31H,1-2H3. The van der Waals surface area contributed by atoms with Crippen LogP contribution in [0.5, 0.6) is 0 Å². The van der Waals surface area contributed by atoms with Crippen molar-refractivity contribution in [1.82, 2.24) is 0 Å². The van der Waals surface area contributed by atoms with Crippen molar-refractivity contribution in [3.8, 4) is 33.4 Å². The molecule has 0 fully saturated rings. The summed E-state index contributed by atoms with van der Waals surface area (Å²) in [5.74, 6) is 0. The zero-order valence-corrected chi connectivity index (χ0v) is 27.2. The zero-order chi connectivity index (χ0) is 32.2. The Morgan fingerprint density at radius 2 is 0.875 bits per heavy atom. The summed E-state index contributed by atoms with van der Waals surface area (Å²) in [6, 6.07) is 64.4. The van der Waals surface area contributed by atoms with Crippen molar-refractivity contribution in [2.45, 2.75) is 19.3 Å². The molecule has 0 saturated carbocycles. The maximum Gasteiger partial charge on any atom is 0.0467 e. The molecule has 0 heterocycles. The maximum absolute atomic E-state index is 2.42. The fourth-order valence-corrected chi connectivity index (χ4v) is 7.84. The number of hydrogen-bond donors (Lipinski definition) is 0. The van der Waals surface area contributed by atoms with Gasteiger partial charge in [-0.25, -0.2) is 0 Å². The molecule has 0 atom stereocenters. The lowest BCUT2D eigenvalue weighted by molar-refractivity contribution is 0.660. The summed E-state index contributed by atoms with van der Waals surface area (Å²) >= 11 is 0. The number of rotatable bonds is 5. The first-order chi connectivity index (χ1) is 23.6. The van der Waals surface area contributed by atoms with Gasteiger partial charge in [0, 0.05) is 22.5 Å². The van der Waals surface area contributed by atoms with Crippen LogP contribution in [0.25, 0.3) is 54.9 Å². The molecule has 0 saturated heterocycles. The molecule has 0 spiro atoms. The van der Waals surface area contributed by atoms with Crippen LogP contribution in [0, 0.1) is 0 Å². The highest BCUT2D eigenvalue weighted by Crippen LogP contribution is 2.50. The van der Waals surface area contributed by atoms with E-state index in [0.717, 1.165) is 17.1 Å². The second-order valence-corrected chi connectivity index (χ2v) is 13.4. The van der Waals surface area contributed by atoms with E-state index in [1.165, 1.54) is 66.1 Å². The minimum atomic E-state index is -0.0867. The van der Waals surface area contributed by atoms with E-state index >= 15 is 0 Å². The second kappa shape index (κ2) is 11.1. The third-order valence-electron chi connectivity index (χ3n) is 10.3. The second-order valence-electron chi connectivity index (χ2n) is 13.4. The normalized spacial score (nSPS) is 13.0. The fourth-order valence-electron chi connectivity index (χ4n) is 7.84. The minimum absolute atomic E-state index is 0.0867. The average molecular weight is 614 g/mol. The summed E-state index contributed by atoms with van der Waals surface area (Å²) in [5, 5.41) is 5.04. The van der Waals surface area contributed by atoms with Crippen LogP contribution in [0.15, 0.2) is 176 Å². The molecule has 1 aliphatic carbocycles. The van der Waals surface area contributed by atoms with Crippen molar-refractivity contribution in [2.24, 2.45) is 0 Å². The Morgan fingerprint density at radius 1 is 0.354 bits per heavy atom. The van der Waals surface area contributed by atoms with Gasteiger partial charge < -0.3 is 4.90 Å². The van der Waals surface area contributed by atoms with Crippen molar-refractivity contribution in [3.05, 3.63) is 187 Å². The molecule has 228 valence electrons. The van der Waals surface area contributed by atoms with Crippen LogP contribution in [0.2, 0.25) is 0 Å². The van der Waals surface area contributed by atoms with Gasteiger partial charge in [-0.1, -0.05) is 153 Å². The molecule has 0 unspecified atom stereocenters. The molecule has 8 aromatic rings. The molecule has 1 aliphatic rings. The average Bonchev–Trinajstić information content (AvgIpc) is 3.37. The lowest BCUT2D eigenvalue weighted by atomic mass is 9.82. The van der Waals surface area contributed by atoms with Crippen LogP contribution in [-0.2, 0) is 5.41 Å². The van der Waals surface area contributed by atoms with E-state index in [2.05, 4.69) is 195 Å². The Kier molecular flexibility index (Phi) is 6.55. The highest BCUT2D eigenvalue weighted by Gasteiger charge is 2.35. The largest absolute Gasteiger partial charge is 0.310 e. The topological polar surface area (TPSA) is 3.24 Å². The smallest absolute Gasteiger partial charge is 0.0467 e. The molecule has 0 N–H and O–H groups in total. The van der Waals surface area contributed by atoms with Crippen molar-refractivity contribution in [2.75, 3.05) is 4.90 Å². The van der Waals surface area contributed by atoms with Crippen molar-refractivity contribution in [3.63, 3.8) is 0 Å². The molecular weight excluding hydrogens is 579 g/mol. The number of fused-ring (bicyclic) bond motifs is 5. The van der Waals surface area contributed by atoms with Gasteiger partial charge in [0.05, 0.1) is 0 Å². The van der Waals surface area contributed by atoms with Gasteiger partial charge in [-0.2, -0.15) is 0 Å². The Morgan fingerprint density at radius 3 is 1.60 bits per heavy atom. The van der Waals surface area contributed by atoms with E-state index in [1.54, 1.807) is 0 Å². The summed E-state index contributed by atoms with van der Waals surface area (Å²) in [6.07, 6.45) is 0. The van der Waals surface area contributed by atoms with Gasteiger partial charge in [0.1, 0.15) is 0 Å². The number of hydrogen-bond acceptors (Lipinski definition) is 1. The van der Waals surface area contributed by atoms with E-state index in [-0.39, 0.29) is 5.41 Å². The van der Waals surface area contributed by atoms with Crippen LogP contribution < -0.4 is 4.90 Å². The molecule has 1 heteroatoms. The van der Waals surface area contributed by atoms with E-state index < -0.39 is 0 Å². The number of nitrogens with zero attached hydrogens (tertiary/aromatic N) is 1. The first kappa shape index (κ1) is 28.3. The van der Waals surface area contributed by atoms with Gasteiger partial charge in [0.15, 0.2) is 0 Å². The van der Waals surface area contributed by atoms with Crippen molar-refractivity contribution >= 4 is 38.6 Å². The van der Waals surface area contributed by atoms with Gasteiger partial charge in [-0.05, 0) is 102 Å². The van der Waals surface area contributed by atoms with Gasteiger partial charge in [-0.15, -0.1) is 0 Å². The van der Waals surface area contributed by atoms with Gasteiger partial charge in [-0.3, -0.25) is 0 Å². The molecule has 8 aromatic carbocycles. The van der Waals surface area contributed by atoms with Crippen LogP contribution in [0.3, 0.4) is 0 Å². The third-order valence-corrected chi connectivity index (χ3v) is 10.3. The highest BCUT2D eigenvalue weighted by molar-refractivity contribution is 5.99. The predicted octanol–water partition coefficient (Wildman–Crippen LogP) is 13.1. The monoisotopic (exact) mass is 613 g/mol. The Hall–Kier alpha value is -5.92.